The summed E-state index contributed by atoms with van der Waals surface area (Å²) in [6, 6.07) is 24.0. The van der Waals surface area contributed by atoms with E-state index in [9.17, 15) is 41.8 Å². The van der Waals surface area contributed by atoms with E-state index in [1.54, 1.807) is 36.7 Å². The highest BCUT2D eigenvalue weighted by molar-refractivity contribution is 7.15. The minimum absolute atomic E-state index is 0.0312. The van der Waals surface area contributed by atoms with Gasteiger partial charge in [-0.2, -0.15) is 36.8 Å². The van der Waals surface area contributed by atoms with Gasteiger partial charge in [-0.1, -0.05) is 18.2 Å². The molecule has 0 amide bonds. The van der Waals surface area contributed by atoms with E-state index in [1.165, 1.54) is 22.7 Å². The summed E-state index contributed by atoms with van der Waals surface area (Å²) in [4.78, 5) is 27.6. The summed E-state index contributed by atoms with van der Waals surface area (Å²) in [5.41, 5.74) is 3.56. The van der Waals surface area contributed by atoms with E-state index < -0.39 is 34.7 Å². The van der Waals surface area contributed by atoms with Crippen molar-refractivity contribution in [2.45, 2.75) is 75.9 Å². The maximum Gasteiger partial charge on any atom is 0.416 e. The van der Waals surface area contributed by atoms with Gasteiger partial charge in [-0.15, -0.1) is 32.9 Å². The fourth-order valence-corrected chi connectivity index (χ4v) is 11.2. The Morgan fingerprint density at radius 2 is 1.13 bits per heavy atom. The molecule has 5 N–H and O–H groups in total. The molecule has 0 fully saturated rings. The second-order valence-corrected chi connectivity index (χ2v) is 20.1. The van der Waals surface area contributed by atoms with E-state index in [0.29, 0.717) is 62.1 Å². The van der Waals surface area contributed by atoms with E-state index in [4.69, 9.17) is 0 Å². The Labute approximate surface area is 431 Å². The number of nitriles is 1. The normalized spacial score (nSPS) is 17.2. The Bertz CT molecular complexity index is 3620. The van der Waals surface area contributed by atoms with Gasteiger partial charge in [0.15, 0.2) is 0 Å². The lowest BCUT2D eigenvalue weighted by atomic mass is 9.79. The largest absolute Gasteiger partial charge is 0.416 e. The van der Waals surface area contributed by atoms with Crippen LogP contribution in [-0.4, -0.2) is 60.7 Å². The number of aromatic amines is 1. The highest BCUT2D eigenvalue weighted by Crippen LogP contribution is 2.46. The van der Waals surface area contributed by atoms with Crippen LogP contribution in [0.15, 0.2) is 110 Å². The quantitative estimate of drug-likeness (QED) is 0.0849. The number of aromatic nitrogens is 10. The Morgan fingerprint density at radius 1 is 0.627 bits per heavy atom. The summed E-state index contributed by atoms with van der Waals surface area (Å²) in [5, 5.41) is 53.6. The number of alkyl halides is 6. The zero-order chi connectivity index (χ0) is 52.7. The maximum atomic E-state index is 13.1. The van der Waals surface area contributed by atoms with Crippen molar-refractivity contribution < 1.29 is 36.6 Å². The predicted molar refractivity (Wildman–Crippen MR) is 268 cm³/mol. The number of H-pyrrole nitrogens is 1. The van der Waals surface area contributed by atoms with Gasteiger partial charge >= 0.3 is 12.4 Å². The summed E-state index contributed by atoms with van der Waals surface area (Å²) in [6.07, 6.45) is 0.695. The maximum absolute atomic E-state index is 13.1. The van der Waals surface area contributed by atoms with Crippen LogP contribution in [0, 0.1) is 25.2 Å². The van der Waals surface area contributed by atoms with Gasteiger partial charge < -0.3 is 20.8 Å². The number of thiazole rings is 2. The van der Waals surface area contributed by atoms with Crippen LogP contribution in [-0.2, 0) is 36.4 Å². The standard InChI is InChI=1S/C26H21F3N8OS.C26H20F3N5OS/c1-14-9-19(32-22(10-14)33-21-12-17(6-8-30-21)26(27,28)29)20-13-31-24(39-20)25(38)7-2-3-15-11-16(4-5-18(15)25)23-34-36-37-35-23;1-15-9-20(33-23(10-15)34-22-12-18(6-8-31-22)26(27,28)29)21-14-32-24(36-21)25(35)7-2-3-17-11-16(13-30)4-5-19(17)25/h4-6,8-13,38H,2-3,7H2,1H3,(H,30,32,33)(H,34,35,36,37);4-6,8-12,14,35H,2-3,7H2,1H3,(H,31,33,34). The number of hydrogen-bond acceptors (Lipinski definition) is 16. The Kier molecular flexibility index (Phi) is 13.5. The summed E-state index contributed by atoms with van der Waals surface area (Å²) >= 11 is 2.64. The lowest BCUT2D eigenvalue weighted by Gasteiger charge is -2.33. The van der Waals surface area contributed by atoms with E-state index in [-0.39, 0.29) is 11.6 Å². The minimum Gasteiger partial charge on any atom is -0.378 e. The van der Waals surface area contributed by atoms with Gasteiger partial charge in [0.2, 0.25) is 5.82 Å². The molecule has 2 aliphatic rings. The van der Waals surface area contributed by atoms with Crippen LogP contribution in [0.2, 0.25) is 0 Å². The first-order valence-corrected chi connectivity index (χ1v) is 24.8. The van der Waals surface area contributed by atoms with Crippen molar-refractivity contribution in [2.75, 3.05) is 10.6 Å². The van der Waals surface area contributed by atoms with Crippen LogP contribution in [0.4, 0.5) is 49.6 Å². The summed E-state index contributed by atoms with van der Waals surface area (Å²) in [6.45, 7) is 3.72. The fraction of sp³-hybridized carbons (Fsp3) is 0.231. The monoisotopic (exact) mass is 1060 g/mol. The topological polar surface area (TPSA) is 220 Å². The molecule has 2 unspecified atom stereocenters. The number of pyridine rings is 4. The molecule has 0 aliphatic heterocycles. The number of rotatable bonds is 9. The van der Waals surface area contributed by atoms with E-state index in [1.807, 2.05) is 50.2 Å². The molecule has 2 aromatic carbocycles. The molecule has 0 saturated heterocycles. The second kappa shape index (κ2) is 20.0. The summed E-state index contributed by atoms with van der Waals surface area (Å²) in [5.74, 6) is 1.25. The van der Waals surface area contributed by atoms with Crippen LogP contribution in [0.3, 0.4) is 0 Å². The molecule has 0 saturated carbocycles. The molecule has 75 heavy (non-hydrogen) atoms. The molecule has 380 valence electrons. The second-order valence-electron chi connectivity index (χ2n) is 18.0. The summed E-state index contributed by atoms with van der Waals surface area (Å²) < 4.78 is 78.5. The molecule has 11 rings (SSSR count). The van der Waals surface area contributed by atoms with Crippen molar-refractivity contribution in [1.82, 2.24) is 50.5 Å². The molecule has 2 atom stereocenters. The highest BCUT2D eigenvalue weighted by Gasteiger charge is 2.41. The van der Waals surface area contributed by atoms with Crippen molar-refractivity contribution in [1.29, 1.82) is 5.26 Å². The Morgan fingerprint density at radius 3 is 1.61 bits per heavy atom. The molecule has 23 heteroatoms. The lowest BCUT2D eigenvalue weighted by molar-refractivity contribution is -0.138. The lowest BCUT2D eigenvalue weighted by Crippen LogP contribution is -2.31. The van der Waals surface area contributed by atoms with Gasteiger partial charge in [0, 0.05) is 30.4 Å². The first kappa shape index (κ1) is 50.5. The molecule has 0 radical (unpaired) electrons. The molecule has 0 spiro atoms. The number of anilines is 4. The van der Waals surface area contributed by atoms with Gasteiger partial charge in [0.1, 0.15) is 44.5 Å². The van der Waals surface area contributed by atoms with E-state index >= 15 is 0 Å². The van der Waals surface area contributed by atoms with Crippen LogP contribution in [0.5, 0.6) is 0 Å². The predicted octanol–water partition coefficient (Wildman–Crippen LogP) is 11.5. The zero-order valence-corrected chi connectivity index (χ0v) is 41.2. The molecular formula is C52H41F6N13O2S2. The first-order valence-electron chi connectivity index (χ1n) is 23.2. The Balaban J connectivity index is 0.000000172. The number of aliphatic hydroxyl groups is 2. The Hall–Kier alpha value is -8.04. The average Bonchev–Trinajstić information content (AvgIpc) is 4.21. The fourth-order valence-electron chi connectivity index (χ4n) is 9.18. The van der Waals surface area contributed by atoms with Gasteiger partial charge in [0.05, 0.1) is 43.9 Å². The molecule has 15 nitrogen and oxygen atoms in total. The number of hydrogen-bond donors (Lipinski definition) is 5. The van der Waals surface area contributed by atoms with Gasteiger partial charge in [0.25, 0.3) is 0 Å². The van der Waals surface area contributed by atoms with E-state index in [0.717, 1.165) is 106 Å². The minimum atomic E-state index is -4.48. The van der Waals surface area contributed by atoms with Crippen LogP contribution >= 0.6 is 22.7 Å². The van der Waals surface area contributed by atoms with Crippen molar-refractivity contribution in [3.8, 4) is 38.6 Å². The molecule has 0 bridgehead atoms. The molecular weight excluding hydrogens is 1020 g/mol. The van der Waals surface area contributed by atoms with Crippen molar-refractivity contribution in [3.05, 3.63) is 170 Å². The third-order valence-corrected chi connectivity index (χ3v) is 15.0. The smallest absolute Gasteiger partial charge is 0.378 e. The molecule has 9 aromatic rings. The third kappa shape index (κ3) is 10.7. The highest BCUT2D eigenvalue weighted by atomic mass is 32.1. The van der Waals surface area contributed by atoms with Crippen molar-refractivity contribution in [2.24, 2.45) is 0 Å². The first-order chi connectivity index (χ1) is 35.8. The van der Waals surface area contributed by atoms with Gasteiger partial charge in [-0.05, 0) is 158 Å². The third-order valence-electron chi connectivity index (χ3n) is 12.7. The average molecular weight is 1060 g/mol. The zero-order valence-electron chi connectivity index (χ0n) is 39.6. The van der Waals surface area contributed by atoms with Gasteiger partial charge in [-0.25, -0.2) is 29.9 Å². The van der Waals surface area contributed by atoms with Gasteiger partial charge in [-0.3, -0.25) is 0 Å². The van der Waals surface area contributed by atoms with Crippen LogP contribution in [0.1, 0.15) is 85.8 Å². The number of halogens is 6. The number of nitrogens with one attached hydrogen (secondary N) is 3. The summed E-state index contributed by atoms with van der Waals surface area (Å²) in [7, 11) is 0. The molecule has 2 aliphatic carbocycles. The number of aryl methyl sites for hydroxylation is 4. The number of benzene rings is 2. The van der Waals surface area contributed by atoms with Crippen LogP contribution in [0.25, 0.3) is 32.5 Å². The molecule has 7 aromatic heterocycles. The van der Waals surface area contributed by atoms with Crippen molar-refractivity contribution >= 4 is 45.9 Å². The SMILES string of the molecule is Cc1cc(Nc2cc(C(F)(F)F)ccn2)nc(-c2cnc(C3(O)CCCc4cc(-c5nn[nH]n5)ccc43)s2)c1.Cc1cc(Nc2cc(C(F)(F)F)ccn2)nc(-c2cnc(C3(O)CCCc4cc(C#N)ccc43)s2)c1. The van der Waals surface area contributed by atoms with E-state index in [2.05, 4.69) is 67.2 Å². The number of fused-ring (bicyclic) bond motifs is 2. The number of tetrazole rings is 1. The van der Waals surface area contributed by atoms with Crippen molar-refractivity contribution in [3.63, 3.8) is 0 Å². The number of nitrogens with zero attached hydrogens (tertiary/aromatic N) is 10. The molecule has 7 heterocycles. The van der Waals surface area contributed by atoms with Crippen LogP contribution < -0.4 is 10.6 Å².